The van der Waals surface area contributed by atoms with Gasteiger partial charge in [-0.2, -0.15) is 0 Å². The van der Waals surface area contributed by atoms with E-state index in [2.05, 4.69) is 20.8 Å². The third kappa shape index (κ3) is 47.6. The van der Waals surface area contributed by atoms with Crippen LogP contribution in [-0.4, -0.2) is 37.9 Å². The first-order chi connectivity index (χ1) is 28.6. The van der Waals surface area contributed by atoms with Crippen molar-refractivity contribution in [1.29, 1.82) is 0 Å². The molecule has 0 aromatic carbocycles. The number of hydrogen-bond donors (Lipinski definition) is 0. The van der Waals surface area contributed by atoms with Crippen LogP contribution in [0.3, 0.4) is 0 Å². The van der Waals surface area contributed by atoms with Gasteiger partial charge in [0.25, 0.3) is 0 Å². The van der Waals surface area contributed by atoms with Crippen LogP contribution in [0, 0.1) is 0 Å². The topological polar surface area (TPSA) is 61.8 Å². The summed E-state index contributed by atoms with van der Waals surface area (Å²) >= 11 is 0. The van der Waals surface area contributed by atoms with Crippen molar-refractivity contribution in [3.63, 3.8) is 0 Å². The molecular formula is C53H104O5. The van der Waals surface area contributed by atoms with Crippen molar-refractivity contribution in [2.45, 2.75) is 309 Å². The fourth-order valence-corrected chi connectivity index (χ4v) is 8.16. The molecule has 0 saturated heterocycles. The molecule has 0 N–H and O–H groups in total. The molecule has 0 aliphatic rings. The number of unbranched alkanes of at least 4 members (excludes halogenated alkanes) is 39. The van der Waals surface area contributed by atoms with E-state index in [1.54, 1.807) is 0 Å². The lowest BCUT2D eigenvalue weighted by Crippen LogP contribution is -2.30. The Hall–Kier alpha value is -1.10. The maximum atomic E-state index is 12.8. The van der Waals surface area contributed by atoms with E-state index in [1.165, 1.54) is 238 Å². The van der Waals surface area contributed by atoms with Crippen LogP contribution < -0.4 is 0 Å². The summed E-state index contributed by atoms with van der Waals surface area (Å²) in [5.74, 6) is -0.371. The number of hydrogen-bond acceptors (Lipinski definition) is 5. The largest absolute Gasteiger partial charge is 0.462 e. The molecular weight excluding hydrogens is 717 g/mol. The summed E-state index contributed by atoms with van der Waals surface area (Å²) in [6, 6.07) is 0. The van der Waals surface area contributed by atoms with Crippen LogP contribution in [-0.2, 0) is 23.8 Å². The molecule has 346 valence electrons. The maximum Gasteiger partial charge on any atom is 0.306 e. The van der Waals surface area contributed by atoms with Gasteiger partial charge >= 0.3 is 11.9 Å². The second kappa shape index (κ2) is 50.3. The standard InChI is InChI=1S/C53H104O5/c1-4-7-10-13-16-19-21-23-25-27-29-31-33-35-37-40-43-46-52(54)57-50-51(49-56-48-45-42-39-18-15-12-9-6-3)58-53(55)47-44-41-38-36-34-32-30-28-26-24-22-20-17-14-11-8-5-2/h51H,4-50H2,1-3H3. The van der Waals surface area contributed by atoms with Crippen molar-refractivity contribution in [2.24, 2.45) is 0 Å². The van der Waals surface area contributed by atoms with Crippen molar-refractivity contribution in [3.05, 3.63) is 0 Å². The van der Waals surface area contributed by atoms with Crippen LogP contribution in [0.4, 0.5) is 0 Å². The minimum Gasteiger partial charge on any atom is -0.462 e. The zero-order valence-corrected chi connectivity index (χ0v) is 39.9. The van der Waals surface area contributed by atoms with Gasteiger partial charge in [-0.3, -0.25) is 9.59 Å². The quantitative estimate of drug-likeness (QED) is 0.0452. The third-order valence-electron chi connectivity index (χ3n) is 12.1. The van der Waals surface area contributed by atoms with Gasteiger partial charge < -0.3 is 14.2 Å². The van der Waals surface area contributed by atoms with Gasteiger partial charge in [0.05, 0.1) is 6.61 Å². The molecule has 58 heavy (non-hydrogen) atoms. The Bertz CT molecular complexity index is 799. The fraction of sp³-hybridized carbons (Fsp3) is 0.962. The first-order valence-corrected chi connectivity index (χ1v) is 26.6. The van der Waals surface area contributed by atoms with Gasteiger partial charge in [-0.25, -0.2) is 0 Å². The molecule has 0 radical (unpaired) electrons. The highest BCUT2D eigenvalue weighted by atomic mass is 16.6. The highest BCUT2D eigenvalue weighted by Crippen LogP contribution is 2.17. The lowest BCUT2D eigenvalue weighted by Gasteiger charge is -2.18. The van der Waals surface area contributed by atoms with E-state index in [0.29, 0.717) is 26.1 Å². The average molecular weight is 821 g/mol. The van der Waals surface area contributed by atoms with Crippen LogP contribution in [0.25, 0.3) is 0 Å². The van der Waals surface area contributed by atoms with Crippen LogP contribution in [0.5, 0.6) is 0 Å². The molecule has 0 aromatic rings. The van der Waals surface area contributed by atoms with E-state index in [9.17, 15) is 9.59 Å². The highest BCUT2D eigenvalue weighted by molar-refractivity contribution is 5.70. The van der Waals surface area contributed by atoms with Crippen molar-refractivity contribution in [1.82, 2.24) is 0 Å². The SMILES string of the molecule is CCCCCCCCCCCCCCCCCCCC(=O)OCC(COCCCCCCCCCC)OC(=O)CCCCCCCCCCCCCCCCCCC. The van der Waals surface area contributed by atoms with Crippen molar-refractivity contribution in [3.8, 4) is 0 Å². The summed E-state index contributed by atoms with van der Waals surface area (Å²) in [4.78, 5) is 25.3. The monoisotopic (exact) mass is 821 g/mol. The van der Waals surface area contributed by atoms with Gasteiger partial charge in [-0.15, -0.1) is 0 Å². The molecule has 0 heterocycles. The summed E-state index contributed by atoms with van der Waals surface area (Å²) in [5, 5.41) is 0. The third-order valence-corrected chi connectivity index (χ3v) is 12.1. The number of rotatable bonds is 50. The van der Waals surface area contributed by atoms with Gasteiger partial charge in [0.15, 0.2) is 6.10 Å². The molecule has 5 heteroatoms. The Kier molecular flexibility index (Phi) is 49.3. The molecule has 0 fully saturated rings. The smallest absolute Gasteiger partial charge is 0.306 e. The Balaban J connectivity index is 4.07. The van der Waals surface area contributed by atoms with Gasteiger partial charge in [-0.05, 0) is 19.3 Å². The Morgan fingerprint density at radius 2 is 0.569 bits per heavy atom. The van der Waals surface area contributed by atoms with Crippen LogP contribution >= 0.6 is 0 Å². The van der Waals surface area contributed by atoms with Gasteiger partial charge in [-0.1, -0.05) is 271 Å². The maximum absolute atomic E-state index is 12.8. The molecule has 5 nitrogen and oxygen atoms in total. The van der Waals surface area contributed by atoms with Crippen LogP contribution in [0.2, 0.25) is 0 Å². The van der Waals surface area contributed by atoms with Crippen molar-refractivity contribution < 1.29 is 23.8 Å². The van der Waals surface area contributed by atoms with E-state index in [-0.39, 0.29) is 18.5 Å². The van der Waals surface area contributed by atoms with E-state index < -0.39 is 6.10 Å². The summed E-state index contributed by atoms with van der Waals surface area (Å²) in [5.41, 5.74) is 0. The first-order valence-electron chi connectivity index (χ1n) is 26.6. The van der Waals surface area contributed by atoms with E-state index >= 15 is 0 Å². The first kappa shape index (κ1) is 56.9. The molecule has 0 aliphatic heterocycles. The summed E-state index contributed by atoms with van der Waals surface area (Å²) < 4.78 is 17.4. The molecule has 0 spiro atoms. The van der Waals surface area contributed by atoms with Crippen molar-refractivity contribution in [2.75, 3.05) is 19.8 Å². The molecule has 0 rings (SSSR count). The zero-order valence-electron chi connectivity index (χ0n) is 39.9. The Labute approximate surface area is 363 Å². The minimum absolute atomic E-state index is 0.0972. The molecule has 0 saturated carbocycles. The molecule has 1 atom stereocenters. The molecule has 0 bridgehead atoms. The lowest BCUT2D eigenvalue weighted by atomic mass is 10.0. The van der Waals surface area contributed by atoms with E-state index in [1.807, 2.05) is 0 Å². The summed E-state index contributed by atoms with van der Waals surface area (Å²) in [6.07, 6.45) is 55.4. The molecule has 0 amide bonds. The van der Waals surface area contributed by atoms with Gasteiger partial charge in [0.2, 0.25) is 0 Å². The van der Waals surface area contributed by atoms with Crippen molar-refractivity contribution >= 4 is 11.9 Å². The molecule has 0 aromatic heterocycles. The van der Waals surface area contributed by atoms with E-state index in [4.69, 9.17) is 14.2 Å². The lowest BCUT2D eigenvalue weighted by molar-refractivity contribution is -0.163. The van der Waals surface area contributed by atoms with E-state index in [0.717, 1.165) is 32.1 Å². The predicted octanol–water partition coefficient (Wildman–Crippen LogP) is 17.7. The van der Waals surface area contributed by atoms with Gasteiger partial charge in [0.1, 0.15) is 6.61 Å². The van der Waals surface area contributed by atoms with Crippen LogP contribution in [0.15, 0.2) is 0 Å². The summed E-state index contributed by atoms with van der Waals surface area (Å²) in [6.45, 7) is 7.89. The zero-order chi connectivity index (χ0) is 42.1. The Morgan fingerprint density at radius 1 is 0.310 bits per heavy atom. The number of carbonyl (C=O) groups excluding carboxylic acids is 2. The number of carbonyl (C=O) groups is 2. The van der Waals surface area contributed by atoms with Gasteiger partial charge in [0, 0.05) is 19.4 Å². The predicted molar refractivity (Wildman–Crippen MR) is 252 cm³/mol. The number of esters is 2. The molecule has 0 aliphatic carbocycles. The minimum atomic E-state index is -0.521. The number of ether oxygens (including phenoxy) is 3. The van der Waals surface area contributed by atoms with Crippen LogP contribution in [0.1, 0.15) is 303 Å². The second-order valence-corrected chi connectivity index (χ2v) is 18.2. The highest BCUT2D eigenvalue weighted by Gasteiger charge is 2.17. The summed E-state index contributed by atoms with van der Waals surface area (Å²) in [7, 11) is 0. The Morgan fingerprint density at radius 3 is 0.879 bits per heavy atom. The molecule has 1 unspecified atom stereocenters. The fourth-order valence-electron chi connectivity index (χ4n) is 8.16. The normalized spacial score (nSPS) is 12.0. The second-order valence-electron chi connectivity index (χ2n) is 18.2. The average Bonchev–Trinajstić information content (AvgIpc) is 3.22.